The van der Waals surface area contributed by atoms with Gasteiger partial charge in [-0.2, -0.15) is 26.3 Å². The molecule has 0 bridgehead atoms. The van der Waals surface area contributed by atoms with E-state index >= 15 is 0 Å². The molecular weight excluding hydrogens is 922 g/mol. The largest absolute Gasteiger partial charge is 0.573 e. The Kier molecular flexibility index (Phi) is 11.5. The first-order chi connectivity index (χ1) is 28.3. The van der Waals surface area contributed by atoms with Crippen molar-refractivity contribution in [3.05, 3.63) is 136 Å². The molecule has 11 nitrogen and oxygen atoms in total. The number of pyridine rings is 2. The van der Waals surface area contributed by atoms with Gasteiger partial charge < -0.3 is 15.4 Å². The van der Waals surface area contributed by atoms with Gasteiger partial charge >= 0.3 is 18.7 Å². The fourth-order valence-corrected chi connectivity index (χ4v) is 6.10. The molecule has 0 saturated carbocycles. The van der Waals surface area contributed by atoms with E-state index in [1.165, 1.54) is 71.7 Å². The summed E-state index contributed by atoms with van der Waals surface area (Å²) in [6.45, 7) is 0. The number of aromatic nitrogens is 8. The number of hydrogen-bond acceptors (Lipinski definition) is 9. The topological polar surface area (TPSA) is 119 Å². The summed E-state index contributed by atoms with van der Waals surface area (Å²) in [7, 11) is 0. The summed E-state index contributed by atoms with van der Waals surface area (Å²) in [5.41, 5.74) is -1.80. The highest BCUT2D eigenvalue weighted by Gasteiger charge is 2.40. The number of fused-ring (bicyclic) bond motifs is 2. The Labute approximate surface area is 349 Å². The minimum absolute atomic E-state index is 0.000981. The summed E-state index contributed by atoms with van der Waals surface area (Å²) in [5, 5.41) is 6.28. The summed E-state index contributed by atoms with van der Waals surface area (Å²) in [4.78, 5) is 23.6. The average Bonchev–Trinajstić information content (AvgIpc) is 3.76. The van der Waals surface area contributed by atoms with Gasteiger partial charge in [-0.3, -0.25) is 8.80 Å². The first-order valence-electron chi connectivity index (χ1n) is 16.6. The average molecular weight is 942 g/mol. The number of halogens is 12. The van der Waals surface area contributed by atoms with Crippen molar-refractivity contribution in [2.24, 2.45) is 0 Å². The highest BCUT2D eigenvalue weighted by molar-refractivity contribution is 9.10. The molecule has 0 amide bonds. The molecule has 0 spiro atoms. The number of benzene rings is 2. The predicted octanol–water partition coefficient (Wildman–Crippen LogP) is 12.1. The third kappa shape index (κ3) is 9.80. The number of nitrogens with zero attached hydrogens (tertiary/aromatic N) is 8. The molecule has 0 aliphatic rings. The Hall–Kier alpha value is -6.19. The smallest absolute Gasteiger partial charge is 0.406 e. The lowest BCUT2D eigenvalue weighted by atomic mass is 10.3. The standard InChI is InChI=1S/C19H10ClF6N5O.C18H10BrClF3N5/c20-10-1-6-14-30-16(18(21,22)23)15(31(14)9-10)17-27-8-7-13(29-17)28-11-2-4-12(5-3-11)32-19(24,25)26;19-10-1-4-12(5-2-10)25-13-7-8-24-17(26-13)15-16(18(21,22)23)27-14-6-3-11(20)9-28(14)15/h1-9H,(H,27,28,29);1-9H,(H,24,25,26). The molecule has 2 aromatic carbocycles. The van der Waals surface area contributed by atoms with Crippen LogP contribution < -0.4 is 15.4 Å². The van der Waals surface area contributed by atoms with E-state index in [9.17, 15) is 39.5 Å². The molecule has 6 heterocycles. The van der Waals surface area contributed by atoms with E-state index in [0.717, 1.165) is 26.7 Å². The van der Waals surface area contributed by atoms with Gasteiger partial charge in [-0.1, -0.05) is 39.1 Å². The summed E-state index contributed by atoms with van der Waals surface area (Å²) >= 11 is 15.2. The molecule has 0 unspecified atom stereocenters. The highest BCUT2D eigenvalue weighted by atomic mass is 79.9. The third-order valence-electron chi connectivity index (χ3n) is 7.91. The van der Waals surface area contributed by atoms with Crippen LogP contribution in [0.3, 0.4) is 0 Å². The number of imidazole rings is 2. The van der Waals surface area contributed by atoms with Crippen LogP contribution in [0, 0.1) is 0 Å². The molecule has 0 atom stereocenters. The predicted molar refractivity (Wildman–Crippen MR) is 206 cm³/mol. The van der Waals surface area contributed by atoms with Crippen LogP contribution in [0.15, 0.2) is 114 Å². The van der Waals surface area contributed by atoms with Crippen molar-refractivity contribution in [1.29, 1.82) is 0 Å². The van der Waals surface area contributed by atoms with E-state index in [1.807, 2.05) is 12.1 Å². The van der Waals surface area contributed by atoms with Crippen molar-refractivity contribution in [3.63, 3.8) is 0 Å². The maximum Gasteiger partial charge on any atom is 0.573 e. The van der Waals surface area contributed by atoms with Gasteiger partial charge in [0.2, 0.25) is 0 Å². The van der Waals surface area contributed by atoms with E-state index < -0.39 is 41.5 Å². The zero-order valence-electron chi connectivity index (χ0n) is 29.4. The quantitative estimate of drug-likeness (QED) is 0.151. The Bertz CT molecular complexity index is 2810. The number of alkyl halides is 9. The lowest BCUT2D eigenvalue weighted by Gasteiger charge is -2.11. The lowest BCUT2D eigenvalue weighted by molar-refractivity contribution is -0.274. The second-order valence-electron chi connectivity index (χ2n) is 12.1. The maximum atomic E-state index is 13.6. The SMILES string of the molecule is FC(F)(F)Oc1ccc(Nc2ccnc(-c3c(C(F)(F)F)nc4ccc(Cl)cn34)n2)cc1.FC(F)(F)c1nc2ccc(Cl)cn2c1-c1nccc(Nc2ccc(Br)cc2)n1. The Morgan fingerprint density at radius 2 is 0.950 bits per heavy atom. The summed E-state index contributed by atoms with van der Waals surface area (Å²) in [5.74, 6) is -0.385. The molecule has 8 rings (SSSR count). The first-order valence-corrected chi connectivity index (χ1v) is 18.2. The van der Waals surface area contributed by atoms with Gasteiger partial charge in [-0.05, 0) is 84.9 Å². The van der Waals surface area contributed by atoms with Crippen LogP contribution in [0.5, 0.6) is 5.75 Å². The van der Waals surface area contributed by atoms with E-state index in [4.69, 9.17) is 23.2 Å². The minimum atomic E-state index is -4.83. The zero-order chi connectivity index (χ0) is 43.0. The zero-order valence-corrected chi connectivity index (χ0v) is 32.5. The normalized spacial score (nSPS) is 12.0. The Morgan fingerprint density at radius 1 is 0.533 bits per heavy atom. The second-order valence-corrected chi connectivity index (χ2v) is 13.9. The highest BCUT2D eigenvalue weighted by Crippen LogP contribution is 2.38. The number of rotatable bonds is 7. The molecule has 6 aromatic heterocycles. The minimum Gasteiger partial charge on any atom is -0.406 e. The van der Waals surface area contributed by atoms with Crippen LogP contribution in [-0.2, 0) is 12.4 Å². The van der Waals surface area contributed by atoms with Crippen molar-refractivity contribution in [3.8, 4) is 28.8 Å². The van der Waals surface area contributed by atoms with E-state index in [1.54, 1.807) is 18.2 Å². The number of ether oxygens (including phenoxy) is 1. The molecule has 0 aliphatic carbocycles. The van der Waals surface area contributed by atoms with E-state index in [-0.39, 0.29) is 44.5 Å². The van der Waals surface area contributed by atoms with Crippen molar-refractivity contribution in [2.75, 3.05) is 10.6 Å². The molecule has 23 heteroatoms. The van der Waals surface area contributed by atoms with Crippen molar-refractivity contribution >= 4 is 73.4 Å². The fourth-order valence-electron chi connectivity index (χ4n) is 5.51. The van der Waals surface area contributed by atoms with Gasteiger partial charge in [-0.15, -0.1) is 13.2 Å². The van der Waals surface area contributed by atoms with Crippen LogP contribution in [0.1, 0.15) is 11.4 Å². The molecular formula is C37H20BrCl2F9N10O. The van der Waals surface area contributed by atoms with E-state index in [2.05, 4.69) is 61.2 Å². The number of hydrogen-bond donors (Lipinski definition) is 2. The van der Waals surface area contributed by atoms with Gasteiger partial charge in [0.05, 0.1) is 10.0 Å². The summed E-state index contributed by atoms with van der Waals surface area (Å²) in [6, 6.07) is 20.6. The van der Waals surface area contributed by atoms with Crippen LogP contribution in [0.25, 0.3) is 34.3 Å². The molecule has 0 radical (unpaired) electrons. The van der Waals surface area contributed by atoms with Crippen LogP contribution in [0.2, 0.25) is 10.0 Å². The Morgan fingerprint density at radius 3 is 1.35 bits per heavy atom. The molecule has 8 aromatic rings. The van der Waals surface area contributed by atoms with Gasteiger partial charge in [0.1, 0.15) is 40.1 Å². The third-order valence-corrected chi connectivity index (χ3v) is 8.89. The fraction of sp³-hybridized carbons (Fsp3) is 0.0811. The van der Waals surface area contributed by atoms with Crippen LogP contribution >= 0.6 is 39.1 Å². The molecule has 0 fully saturated rings. The lowest BCUT2D eigenvalue weighted by Crippen LogP contribution is -2.16. The van der Waals surface area contributed by atoms with Crippen LogP contribution in [-0.4, -0.2) is 45.1 Å². The van der Waals surface area contributed by atoms with Crippen molar-refractivity contribution in [1.82, 2.24) is 38.7 Å². The molecule has 0 aliphatic heterocycles. The first kappa shape index (κ1) is 42.0. The molecule has 2 N–H and O–H groups in total. The van der Waals surface area contributed by atoms with Crippen molar-refractivity contribution < 1.29 is 44.3 Å². The molecule has 308 valence electrons. The Balaban J connectivity index is 0.000000183. The van der Waals surface area contributed by atoms with Crippen LogP contribution in [0.4, 0.5) is 62.5 Å². The van der Waals surface area contributed by atoms with Gasteiger partial charge in [-0.25, -0.2) is 29.9 Å². The second kappa shape index (κ2) is 16.5. The van der Waals surface area contributed by atoms with E-state index in [0.29, 0.717) is 11.5 Å². The number of nitrogens with one attached hydrogen (secondary N) is 2. The summed E-state index contributed by atoms with van der Waals surface area (Å²) < 4.78 is 125. The molecule has 60 heavy (non-hydrogen) atoms. The van der Waals surface area contributed by atoms with Gasteiger partial charge in [0.15, 0.2) is 23.0 Å². The van der Waals surface area contributed by atoms with Gasteiger partial charge in [0, 0.05) is 40.6 Å². The van der Waals surface area contributed by atoms with Crippen molar-refractivity contribution in [2.45, 2.75) is 18.7 Å². The summed E-state index contributed by atoms with van der Waals surface area (Å²) in [6.07, 6.45) is -9.06. The van der Waals surface area contributed by atoms with Gasteiger partial charge in [0.25, 0.3) is 0 Å². The molecule has 0 saturated heterocycles. The maximum absolute atomic E-state index is 13.6. The monoisotopic (exact) mass is 940 g/mol. The number of anilines is 4.